The lowest BCUT2D eigenvalue weighted by molar-refractivity contribution is -0.131. The van der Waals surface area contributed by atoms with Gasteiger partial charge in [-0.25, -0.2) is 4.39 Å². The normalized spacial score (nSPS) is 24.0. The standard InChI is InChI=1S/C20H26FNO3/c1-3-18-17(5-4-11-24-18)20(23)22(2)16-10-12-25-19(13-16)14-6-8-15(21)9-7-14/h6-9,16,19H,3-5,10-13H2,1-2H3/t16-,19-/m0/s1. The van der Waals surface area contributed by atoms with Crippen molar-refractivity contribution in [2.24, 2.45) is 0 Å². The summed E-state index contributed by atoms with van der Waals surface area (Å²) in [5.74, 6) is 0.659. The van der Waals surface area contributed by atoms with Crippen LogP contribution in [0, 0.1) is 5.82 Å². The molecule has 3 rings (SSSR count). The van der Waals surface area contributed by atoms with Gasteiger partial charge in [-0.3, -0.25) is 4.79 Å². The van der Waals surface area contributed by atoms with Gasteiger partial charge in [0.15, 0.2) is 0 Å². The first kappa shape index (κ1) is 17.9. The molecule has 2 aliphatic heterocycles. The lowest BCUT2D eigenvalue weighted by Crippen LogP contribution is -2.42. The predicted molar refractivity (Wildman–Crippen MR) is 93.4 cm³/mol. The van der Waals surface area contributed by atoms with Crippen LogP contribution in [-0.2, 0) is 14.3 Å². The zero-order valence-corrected chi connectivity index (χ0v) is 15.0. The number of rotatable bonds is 4. The molecular formula is C20H26FNO3. The lowest BCUT2D eigenvalue weighted by atomic mass is 9.95. The van der Waals surface area contributed by atoms with Crippen LogP contribution in [0.5, 0.6) is 0 Å². The first-order valence-corrected chi connectivity index (χ1v) is 9.09. The molecule has 0 aromatic heterocycles. The molecule has 136 valence electrons. The molecule has 0 aliphatic carbocycles. The Morgan fingerprint density at radius 2 is 2.04 bits per heavy atom. The number of carbonyl (C=O) groups excluding carboxylic acids is 1. The molecule has 1 aromatic carbocycles. The molecule has 2 heterocycles. The number of carbonyl (C=O) groups is 1. The number of hydrogen-bond donors (Lipinski definition) is 0. The predicted octanol–water partition coefficient (Wildman–Crippen LogP) is 3.98. The molecule has 0 unspecified atom stereocenters. The van der Waals surface area contributed by atoms with E-state index in [-0.39, 0.29) is 23.9 Å². The number of amides is 1. The van der Waals surface area contributed by atoms with Gasteiger partial charge in [0.1, 0.15) is 11.6 Å². The average molecular weight is 347 g/mol. The van der Waals surface area contributed by atoms with Crippen LogP contribution >= 0.6 is 0 Å². The van der Waals surface area contributed by atoms with Gasteiger partial charge in [0.25, 0.3) is 5.91 Å². The van der Waals surface area contributed by atoms with E-state index in [1.807, 2.05) is 18.9 Å². The molecule has 1 aromatic rings. The summed E-state index contributed by atoms with van der Waals surface area (Å²) < 4.78 is 24.7. The Morgan fingerprint density at radius 1 is 1.28 bits per heavy atom. The third-order valence-corrected chi connectivity index (χ3v) is 5.13. The molecule has 4 nitrogen and oxygen atoms in total. The third kappa shape index (κ3) is 4.03. The molecular weight excluding hydrogens is 321 g/mol. The Morgan fingerprint density at radius 3 is 2.76 bits per heavy atom. The van der Waals surface area contributed by atoms with Crippen LogP contribution < -0.4 is 0 Å². The van der Waals surface area contributed by atoms with Crippen LogP contribution in [0.1, 0.15) is 50.7 Å². The van der Waals surface area contributed by atoms with Gasteiger partial charge in [0.2, 0.25) is 0 Å². The fourth-order valence-corrected chi connectivity index (χ4v) is 3.63. The maximum atomic E-state index is 13.1. The van der Waals surface area contributed by atoms with E-state index in [1.165, 1.54) is 12.1 Å². The van der Waals surface area contributed by atoms with Crippen molar-refractivity contribution in [1.29, 1.82) is 0 Å². The fourth-order valence-electron chi connectivity index (χ4n) is 3.63. The highest BCUT2D eigenvalue weighted by molar-refractivity contribution is 5.94. The Balaban J connectivity index is 1.71. The van der Waals surface area contributed by atoms with Crippen LogP contribution in [0.15, 0.2) is 35.6 Å². The number of halogens is 1. The van der Waals surface area contributed by atoms with Gasteiger partial charge >= 0.3 is 0 Å². The summed E-state index contributed by atoms with van der Waals surface area (Å²) in [4.78, 5) is 14.8. The Labute approximate surface area is 148 Å². The lowest BCUT2D eigenvalue weighted by Gasteiger charge is -2.36. The number of likely N-dealkylation sites (N-methyl/N-ethyl adjacent to an activating group) is 1. The van der Waals surface area contributed by atoms with Gasteiger partial charge in [0, 0.05) is 26.1 Å². The summed E-state index contributed by atoms with van der Waals surface area (Å²) in [6.45, 7) is 3.32. The van der Waals surface area contributed by atoms with E-state index < -0.39 is 0 Å². The highest BCUT2D eigenvalue weighted by Gasteiger charge is 2.31. The minimum Gasteiger partial charge on any atom is -0.497 e. The Bertz CT molecular complexity index is 641. The monoisotopic (exact) mass is 347 g/mol. The zero-order valence-electron chi connectivity index (χ0n) is 15.0. The van der Waals surface area contributed by atoms with Crippen LogP contribution in [0.2, 0.25) is 0 Å². The van der Waals surface area contributed by atoms with E-state index in [9.17, 15) is 9.18 Å². The Hall–Kier alpha value is -1.88. The summed E-state index contributed by atoms with van der Waals surface area (Å²) in [6.07, 6.45) is 3.87. The molecule has 0 bridgehead atoms. The summed E-state index contributed by atoms with van der Waals surface area (Å²) in [5, 5.41) is 0. The van der Waals surface area contributed by atoms with Gasteiger partial charge in [-0.15, -0.1) is 0 Å². The van der Waals surface area contributed by atoms with Crippen molar-refractivity contribution < 1.29 is 18.7 Å². The summed E-state index contributed by atoms with van der Waals surface area (Å²) in [7, 11) is 1.87. The molecule has 25 heavy (non-hydrogen) atoms. The molecule has 1 fully saturated rings. The van der Waals surface area contributed by atoms with Crippen molar-refractivity contribution in [3.8, 4) is 0 Å². The number of nitrogens with zero attached hydrogens (tertiary/aromatic N) is 1. The van der Waals surface area contributed by atoms with Crippen LogP contribution in [-0.4, -0.2) is 37.1 Å². The molecule has 2 aliphatic rings. The van der Waals surface area contributed by atoms with Gasteiger partial charge < -0.3 is 14.4 Å². The van der Waals surface area contributed by atoms with E-state index in [0.717, 1.165) is 49.0 Å². The summed E-state index contributed by atoms with van der Waals surface area (Å²) >= 11 is 0. The maximum absolute atomic E-state index is 13.1. The van der Waals surface area contributed by atoms with Crippen molar-refractivity contribution >= 4 is 5.91 Å². The fraction of sp³-hybridized carbons (Fsp3) is 0.550. The van der Waals surface area contributed by atoms with Crippen molar-refractivity contribution in [3.05, 3.63) is 47.0 Å². The molecule has 2 atom stereocenters. The quantitative estimate of drug-likeness (QED) is 0.827. The number of ether oxygens (including phenoxy) is 2. The first-order valence-electron chi connectivity index (χ1n) is 9.09. The average Bonchev–Trinajstić information content (AvgIpc) is 2.67. The smallest absolute Gasteiger partial charge is 0.253 e. The second-order valence-corrected chi connectivity index (χ2v) is 6.71. The number of hydrogen-bond acceptors (Lipinski definition) is 3. The van der Waals surface area contributed by atoms with Gasteiger partial charge in [-0.2, -0.15) is 0 Å². The summed E-state index contributed by atoms with van der Waals surface area (Å²) in [6, 6.07) is 6.54. The van der Waals surface area contributed by atoms with E-state index >= 15 is 0 Å². The van der Waals surface area contributed by atoms with E-state index in [4.69, 9.17) is 9.47 Å². The number of allylic oxidation sites excluding steroid dienone is 1. The minimum atomic E-state index is -0.250. The summed E-state index contributed by atoms with van der Waals surface area (Å²) in [5.41, 5.74) is 1.78. The van der Waals surface area contributed by atoms with Crippen molar-refractivity contribution in [3.63, 3.8) is 0 Å². The SMILES string of the molecule is CCC1=C(C(=O)N(C)[C@H]2CCO[C@H](c3ccc(F)cc3)C2)CCCO1. The van der Waals surface area contributed by atoms with Crippen molar-refractivity contribution in [2.75, 3.05) is 20.3 Å². The van der Waals surface area contributed by atoms with Crippen molar-refractivity contribution in [1.82, 2.24) is 4.90 Å². The van der Waals surface area contributed by atoms with E-state index in [0.29, 0.717) is 13.2 Å². The minimum absolute atomic E-state index is 0.0707. The second kappa shape index (κ2) is 8.00. The largest absolute Gasteiger partial charge is 0.497 e. The van der Waals surface area contributed by atoms with E-state index in [1.54, 1.807) is 12.1 Å². The first-order chi connectivity index (χ1) is 12.1. The highest BCUT2D eigenvalue weighted by Crippen LogP contribution is 2.32. The maximum Gasteiger partial charge on any atom is 0.253 e. The van der Waals surface area contributed by atoms with E-state index in [2.05, 4.69) is 0 Å². The molecule has 1 amide bonds. The van der Waals surface area contributed by atoms with Gasteiger partial charge in [0.05, 0.1) is 18.3 Å². The van der Waals surface area contributed by atoms with Gasteiger partial charge in [-0.05, 0) is 43.4 Å². The second-order valence-electron chi connectivity index (χ2n) is 6.71. The molecule has 0 spiro atoms. The molecule has 0 radical (unpaired) electrons. The molecule has 1 saturated heterocycles. The highest BCUT2D eigenvalue weighted by atomic mass is 19.1. The Kier molecular flexibility index (Phi) is 5.74. The number of benzene rings is 1. The van der Waals surface area contributed by atoms with Crippen LogP contribution in [0.3, 0.4) is 0 Å². The van der Waals surface area contributed by atoms with Crippen molar-refractivity contribution in [2.45, 2.75) is 51.2 Å². The third-order valence-electron chi connectivity index (χ3n) is 5.13. The molecule has 0 saturated carbocycles. The topological polar surface area (TPSA) is 38.8 Å². The van der Waals surface area contributed by atoms with Crippen LogP contribution in [0.4, 0.5) is 4.39 Å². The van der Waals surface area contributed by atoms with Crippen LogP contribution in [0.25, 0.3) is 0 Å². The molecule has 5 heteroatoms. The zero-order chi connectivity index (χ0) is 17.8. The van der Waals surface area contributed by atoms with Gasteiger partial charge in [-0.1, -0.05) is 19.1 Å². The molecule has 0 N–H and O–H groups in total.